The average Bonchev–Trinajstić information content (AvgIpc) is 3.20. The van der Waals surface area contributed by atoms with Gasteiger partial charge < -0.3 is 15.1 Å². The van der Waals surface area contributed by atoms with Crippen LogP contribution in [0.25, 0.3) is 11.5 Å². The van der Waals surface area contributed by atoms with Crippen LogP contribution >= 0.6 is 0 Å². The monoisotopic (exact) mass is 376 g/mol. The number of hydrogen-bond donors (Lipinski definition) is 2. The lowest BCUT2D eigenvalue weighted by Crippen LogP contribution is -2.58. The molecule has 1 amide bonds. The number of nitrogens with zero attached hydrogens (tertiary/aromatic N) is 4. The summed E-state index contributed by atoms with van der Waals surface area (Å²) in [6, 6.07) is 11.5. The van der Waals surface area contributed by atoms with Gasteiger partial charge in [0.2, 0.25) is 17.7 Å². The van der Waals surface area contributed by atoms with Crippen LogP contribution in [-0.4, -0.2) is 44.6 Å². The second kappa shape index (κ2) is 6.72. The summed E-state index contributed by atoms with van der Waals surface area (Å²) in [5, 5.41) is 14.8. The topological polar surface area (TPSA) is 96.2 Å². The first kappa shape index (κ1) is 16.9. The molecule has 28 heavy (non-hydrogen) atoms. The summed E-state index contributed by atoms with van der Waals surface area (Å²) < 4.78 is 5.78. The summed E-state index contributed by atoms with van der Waals surface area (Å²) in [6.45, 7) is 2.11. The Bertz CT molecular complexity index is 995. The lowest BCUT2D eigenvalue weighted by atomic mass is 9.84. The zero-order valence-corrected chi connectivity index (χ0v) is 15.3. The van der Waals surface area contributed by atoms with Gasteiger partial charge in [-0.3, -0.25) is 14.7 Å². The number of amides is 1. The minimum absolute atomic E-state index is 0.0440. The van der Waals surface area contributed by atoms with E-state index in [1.165, 1.54) is 0 Å². The molecule has 2 aliphatic rings. The maximum absolute atomic E-state index is 12.7. The number of hydrogen-bond acceptors (Lipinski definition) is 7. The smallest absolute Gasteiger partial charge is 0.250 e. The first-order valence-electron chi connectivity index (χ1n) is 9.36. The molecule has 142 valence electrons. The first-order valence-corrected chi connectivity index (χ1v) is 9.36. The van der Waals surface area contributed by atoms with E-state index in [-0.39, 0.29) is 5.91 Å². The van der Waals surface area contributed by atoms with Gasteiger partial charge in [-0.15, -0.1) is 10.2 Å². The molecule has 4 heterocycles. The van der Waals surface area contributed by atoms with E-state index in [0.717, 1.165) is 42.9 Å². The quantitative estimate of drug-likeness (QED) is 0.725. The molecule has 0 atom stereocenters. The molecule has 5 rings (SSSR count). The summed E-state index contributed by atoms with van der Waals surface area (Å²) in [6.07, 6.45) is 4.85. The molecule has 1 saturated heterocycles. The fourth-order valence-electron chi connectivity index (χ4n) is 3.82. The van der Waals surface area contributed by atoms with E-state index in [1.54, 1.807) is 12.4 Å². The van der Waals surface area contributed by atoms with Gasteiger partial charge in [0, 0.05) is 25.5 Å². The van der Waals surface area contributed by atoms with Gasteiger partial charge in [0.05, 0.1) is 23.5 Å². The third-order valence-corrected chi connectivity index (χ3v) is 5.43. The molecule has 1 fully saturated rings. The van der Waals surface area contributed by atoms with Crippen molar-refractivity contribution in [2.24, 2.45) is 0 Å². The Labute approximate surface area is 162 Å². The summed E-state index contributed by atoms with van der Waals surface area (Å²) in [7, 11) is 0. The molecule has 2 aromatic heterocycles. The summed E-state index contributed by atoms with van der Waals surface area (Å²) in [5.41, 5.74) is 2.07. The van der Waals surface area contributed by atoms with Crippen LogP contribution in [0, 0.1) is 0 Å². The summed E-state index contributed by atoms with van der Waals surface area (Å²) >= 11 is 0. The Morgan fingerprint density at radius 2 is 1.89 bits per heavy atom. The largest absolute Gasteiger partial charge is 0.419 e. The molecule has 8 heteroatoms. The fourth-order valence-corrected chi connectivity index (χ4v) is 3.82. The van der Waals surface area contributed by atoms with Crippen LogP contribution in [0.15, 0.2) is 53.2 Å². The van der Waals surface area contributed by atoms with Gasteiger partial charge in [-0.05, 0) is 37.1 Å². The highest BCUT2D eigenvalue weighted by Crippen LogP contribution is 2.36. The number of carbonyl (C=O) groups is 1. The van der Waals surface area contributed by atoms with E-state index < -0.39 is 5.54 Å². The molecule has 0 unspecified atom stereocenters. The van der Waals surface area contributed by atoms with E-state index in [0.29, 0.717) is 18.3 Å². The van der Waals surface area contributed by atoms with Crippen LogP contribution < -0.4 is 10.6 Å². The molecule has 0 aliphatic carbocycles. The molecule has 2 N–H and O–H groups in total. The number of anilines is 2. The van der Waals surface area contributed by atoms with E-state index in [4.69, 9.17) is 4.42 Å². The van der Waals surface area contributed by atoms with E-state index in [9.17, 15) is 4.79 Å². The number of rotatable bonds is 3. The number of pyridine rings is 1. The predicted octanol–water partition coefficient (Wildman–Crippen LogP) is 2.53. The second-order valence-electron chi connectivity index (χ2n) is 7.23. The van der Waals surface area contributed by atoms with Crippen molar-refractivity contribution in [2.75, 3.05) is 23.7 Å². The van der Waals surface area contributed by atoms with Gasteiger partial charge in [0.25, 0.3) is 0 Å². The molecule has 2 aliphatic heterocycles. The number of likely N-dealkylation sites (tertiary alicyclic amines) is 1. The molecular formula is C20H20N6O2. The molecule has 1 aromatic carbocycles. The van der Waals surface area contributed by atoms with Crippen LogP contribution in [0.4, 0.5) is 11.4 Å². The predicted molar refractivity (Wildman–Crippen MR) is 103 cm³/mol. The molecule has 3 aromatic rings. The number of aromatic nitrogens is 3. The zero-order chi connectivity index (χ0) is 19.0. The Balaban J connectivity index is 1.25. The summed E-state index contributed by atoms with van der Waals surface area (Å²) in [4.78, 5) is 19.0. The molecule has 1 spiro atoms. The Morgan fingerprint density at radius 3 is 2.68 bits per heavy atom. The van der Waals surface area contributed by atoms with Crippen molar-refractivity contribution in [2.45, 2.75) is 24.9 Å². The van der Waals surface area contributed by atoms with Crippen LogP contribution in [0.5, 0.6) is 0 Å². The average molecular weight is 376 g/mol. The van der Waals surface area contributed by atoms with E-state index >= 15 is 0 Å². The number of para-hydroxylation sites is 2. The lowest BCUT2D eigenvalue weighted by Gasteiger charge is -2.44. The maximum Gasteiger partial charge on any atom is 0.250 e. The van der Waals surface area contributed by atoms with Gasteiger partial charge >= 0.3 is 0 Å². The van der Waals surface area contributed by atoms with E-state index in [2.05, 4.69) is 30.7 Å². The minimum Gasteiger partial charge on any atom is -0.419 e. The zero-order valence-electron chi connectivity index (χ0n) is 15.3. The minimum atomic E-state index is -0.555. The second-order valence-corrected chi connectivity index (χ2v) is 7.23. The van der Waals surface area contributed by atoms with Gasteiger partial charge in [0.1, 0.15) is 5.54 Å². The molecule has 0 saturated carbocycles. The highest BCUT2D eigenvalue weighted by molar-refractivity contribution is 6.06. The lowest BCUT2D eigenvalue weighted by molar-refractivity contribution is -0.122. The number of carbonyl (C=O) groups excluding carboxylic acids is 1. The van der Waals surface area contributed by atoms with Crippen LogP contribution in [0.2, 0.25) is 0 Å². The number of piperidine rings is 1. The van der Waals surface area contributed by atoms with Crippen molar-refractivity contribution in [3.8, 4) is 11.5 Å². The molecular weight excluding hydrogens is 356 g/mol. The van der Waals surface area contributed by atoms with Gasteiger partial charge in [-0.1, -0.05) is 12.1 Å². The van der Waals surface area contributed by atoms with Crippen LogP contribution in [0.1, 0.15) is 18.7 Å². The SMILES string of the molecule is O=C1Nc2ccccc2NC12CCN(Cc1nnc(-c3cccnc3)o1)CC2. The van der Waals surface area contributed by atoms with Gasteiger partial charge in [0.15, 0.2) is 0 Å². The van der Waals surface area contributed by atoms with Gasteiger partial charge in [-0.2, -0.15) is 0 Å². The number of fused-ring (bicyclic) bond motifs is 1. The fraction of sp³-hybridized carbons (Fsp3) is 0.300. The highest BCUT2D eigenvalue weighted by Gasteiger charge is 2.44. The standard InChI is InChI=1S/C20H20N6O2/c27-19-20(23-16-6-2-1-5-15(16)22-19)7-10-26(11-8-20)13-17-24-25-18(28-17)14-4-3-9-21-12-14/h1-6,9,12,23H,7-8,10-11,13H2,(H,22,27). The number of nitrogens with one attached hydrogen (secondary N) is 2. The van der Waals surface area contributed by atoms with Crippen molar-refractivity contribution >= 4 is 17.3 Å². The summed E-state index contributed by atoms with van der Waals surface area (Å²) in [5.74, 6) is 1.09. The van der Waals surface area contributed by atoms with Crippen molar-refractivity contribution < 1.29 is 9.21 Å². The van der Waals surface area contributed by atoms with Crippen molar-refractivity contribution in [1.29, 1.82) is 0 Å². The molecule has 0 radical (unpaired) electrons. The third kappa shape index (κ3) is 3.01. The van der Waals surface area contributed by atoms with Crippen molar-refractivity contribution in [3.63, 3.8) is 0 Å². The Hall–Kier alpha value is -3.26. The normalized spacial score (nSPS) is 18.4. The highest BCUT2D eigenvalue weighted by atomic mass is 16.4. The first-order chi connectivity index (χ1) is 13.7. The maximum atomic E-state index is 12.7. The van der Waals surface area contributed by atoms with Crippen molar-refractivity contribution in [1.82, 2.24) is 20.1 Å². The number of benzene rings is 1. The Kier molecular flexibility index (Phi) is 4.05. The molecule has 0 bridgehead atoms. The van der Waals surface area contributed by atoms with E-state index in [1.807, 2.05) is 36.4 Å². The van der Waals surface area contributed by atoms with Crippen LogP contribution in [-0.2, 0) is 11.3 Å². The third-order valence-electron chi connectivity index (χ3n) is 5.43. The Morgan fingerprint density at radius 1 is 1.07 bits per heavy atom. The van der Waals surface area contributed by atoms with Crippen LogP contribution in [0.3, 0.4) is 0 Å². The van der Waals surface area contributed by atoms with Crippen molar-refractivity contribution in [3.05, 3.63) is 54.7 Å². The van der Waals surface area contributed by atoms with Gasteiger partial charge in [-0.25, -0.2) is 0 Å². The molecule has 8 nitrogen and oxygen atoms in total.